The Morgan fingerprint density at radius 3 is 2.63 bits per heavy atom. The zero-order valence-corrected chi connectivity index (χ0v) is 13.3. The molecule has 0 aromatic carbocycles. The van der Waals surface area contributed by atoms with Crippen LogP contribution in [0.25, 0.3) is 0 Å². The van der Waals surface area contributed by atoms with E-state index in [1.165, 1.54) is 37.4 Å². The van der Waals surface area contributed by atoms with Gasteiger partial charge in [-0.25, -0.2) is 4.98 Å². The molecule has 1 aromatic rings. The maximum Gasteiger partial charge on any atom is 0.0944 e. The smallest absolute Gasteiger partial charge is 0.0944 e. The van der Waals surface area contributed by atoms with Crippen LogP contribution in [0.1, 0.15) is 50.2 Å². The number of piperidine rings is 1. The van der Waals surface area contributed by atoms with Gasteiger partial charge in [-0.15, -0.1) is 11.3 Å². The molecule has 0 aliphatic carbocycles. The van der Waals surface area contributed by atoms with Crippen LogP contribution in [-0.4, -0.2) is 34.6 Å². The summed E-state index contributed by atoms with van der Waals surface area (Å²) in [6.45, 7) is 9.06. The van der Waals surface area contributed by atoms with Gasteiger partial charge >= 0.3 is 0 Å². The maximum atomic E-state index is 6.56. The Hall–Kier alpha value is -0.450. The van der Waals surface area contributed by atoms with Crippen molar-refractivity contribution in [1.82, 2.24) is 9.88 Å². The molecular formula is C15H27N3S. The molecule has 1 aromatic heterocycles. The van der Waals surface area contributed by atoms with Crippen LogP contribution < -0.4 is 5.73 Å². The first-order chi connectivity index (χ1) is 9.06. The van der Waals surface area contributed by atoms with Gasteiger partial charge in [-0.3, -0.25) is 4.90 Å². The number of aromatic nitrogens is 1. The number of likely N-dealkylation sites (tertiary alicyclic amines) is 1. The van der Waals surface area contributed by atoms with Gasteiger partial charge in [-0.2, -0.15) is 0 Å². The minimum absolute atomic E-state index is 0.111. The van der Waals surface area contributed by atoms with Gasteiger partial charge in [-0.1, -0.05) is 13.3 Å². The lowest BCUT2D eigenvalue weighted by Gasteiger charge is -2.46. The number of aryl methyl sites for hydroxylation is 1. The number of nitrogens with two attached hydrogens (primary N) is 1. The first-order valence-corrected chi connectivity index (χ1v) is 8.36. The van der Waals surface area contributed by atoms with Crippen molar-refractivity contribution in [2.24, 2.45) is 5.73 Å². The standard InChI is InChI=1S/C15H27N3S/c1-4-15(3,18-8-6-5-7-9-18)13(16)10-14-17-12(2)11-19-14/h11,13H,4-10,16H2,1-3H3. The van der Waals surface area contributed by atoms with Gasteiger partial charge in [0.2, 0.25) is 0 Å². The highest BCUT2D eigenvalue weighted by atomic mass is 32.1. The molecule has 1 fully saturated rings. The van der Waals surface area contributed by atoms with Crippen molar-refractivity contribution in [3.05, 3.63) is 16.1 Å². The Balaban J connectivity index is 2.06. The summed E-state index contributed by atoms with van der Waals surface area (Å²) < 4.78 is 0. The Labute approximate surface area is 121 Å². The predicted octanol–water partition coefficient (Wildman–Crippen LogP) is 2.98. The summed E-state index contributed by atoms with van der Waals surface area (Å²) in [5.41, 5.74) is 7.79. The van der Waals surface area contributed by atoms with Gasteiger partial charge in [0.15, 0.2) is 0 Å². The summed E-state index contributed by atoms with van der Waals surface area (Å²) in [7, 11) is 0. The molecule has 3 nitrogen and oxygen atoms in total. The zero-order valence-electron chi connectivity index (χ0n) is 12.5. The van der Waals surface area contributed by atoms with Crippen LogP contribution in [-0.2, 0) is 6.42 Å². The Bertz CT molecular complexity index is 398. The normalized spacial score (nSPS) is 22.1. The fourth-order valence-electron chi connectivity index (χ4n) is 3.03. The van der Waals surface area contributed by atoms with E-state index in [0.29, 0.717) is 0 Å². The minimum Gasteiger partial charge on any atom is -0.326 e. The topological polar surface area (TPSA) is 42.1 Å². The van der Waals surface area contributed by atoms with Crippen LogP contribution in [0.2, 0.25) is 0 Å². The lowest BCUT2D eigenvalue weighted by Crippen LogP contribution is -2.59. The molecule has 1 aliphatic rings. The lowest BCUT2D eigenvalue weighted by molar-refractivity contribution is 0.0546. The van der Waals surface area contributed by atoms with Crippen molar-refractivity contribution in [1.29, 1.82) is 0 Å². The zero-order chi connectivity index (χ0) is 13.9. The van der Waals surface area contributed by atoms with Gasteiger partial charge in [0.05, 0.1) is 5.01 Å². The summed E-state index contributed by atoms with van der Waals surface area (Å²) in [6, 6.07) is 0.168. The first kappa shape index (κ1) is 14.9. The van der Waals surface area contributed by atoms with Gasteiger partial charge in [-0.05, 0) is 46.2 Å². The van der Waals surface area contributed by atoms with E-state index >= 15 is 0 Å². The van der Waals surface area contributed by atoms with Crippen molar-refractivity contribution in [3.8, 4) is 0 Å². The molecule has 1 aliphatic heterocycles. The highest BCUT2D eigenvalue weighted by molar-refractivity contribution is 7.09. The Kier molecular flexibility index (Phi) is 4.98. The van der Waals surface area contributed by atoms with Crippen LogP contribution in [0.3, 0.4) is 0 Å². The third-order valence-corrected chi connectivity index (χ3v) is 5.64. The molecule has 0 bridgehead atoms. The molecule has 0 spiro atoms. The summed E-state index contributed by atoms with van der Waals surface area (Å²) in [5.74, 6) is 0. The maximum absolute atomic E-state index is 6.56. The number of rotatable bonds is 5. The molecule has 108 valence electrons. The molecule has 2 unspecified atom stereocenters. The highest BCUT2D eigenvalue weighted by Crippen LogP contribution is 2.28. The van der Waals surface area contributed by atoms with E-state index in [2.05, 4.69) is 36.0 Å². The average Bonchev–Trinajstić information content (AvgIpc) is 2.84. The van der Waals surface area contributed by atoms with E-state index in [0.717, 1.165) is 18.5 Å². The highest BCUT2D eigenvalue weighted by Gasteiger charge is 2.37. The van der Waals surface area contributed by atoms with Crippen molar-refractivity contribution >= 4 is 11.3 Å². The van der Waals surface area contributed by atoms with Crippen molar-refractivity contribution in [3.63, 3.8) is 0 Å². The first-order valence-electron chi connectivity index (χ1n) is 7.48. The molecule has 0 radical (unpaired) electrons. The lowest BCUT2D eigenvalue weighted by atomic mass is 9.84. The van der Waals surface area contributed by atoms with Crippen LogP contribution in [0.4, 0.5) is 0 Å². The number of thiazole rings is 1. The number of hydrogen-bond donors (Lipinski definition) is 1. The average molecular weight is 281 g/mol. The van der Waals surface area contributed by atoms with Crippen LogP contribution in [0.15, 0.2) is 5.38 Å². The number of hydrogen-bond acceptors (Lipinski definition) is 4. The van der Waals surface area contributed by atoms with E-state index in [4.69, 9.17) is 5.73 Å². The van der Waals surface area contributed by atoms with Gasteiger partial charge in [0, 0.05) is 29.1 Å². The second-order valence-corrected chi connectivity index (χ2v) is 6.89. The van der Waals surface area contributed by atoms with E-state index in [-0.39, 0.29) is 11.6 Å². The van der Waals surface area contributed by atoms with Gasteiger partial charge < -0.3 is 5.73 Å². The SMILES string of the molecule is CCC(C)(C(N)Cc1nc(C)cs1)N1CCCCC1. The molecule has 1 saturated heterocycles. The second kappa shape index (κ2) is 6.33. The fourth-order valence-corrected chi connectivity index (χ4v) is 3.86. The Morgan fingerprint density at radius 2 is 2.11 bits per heavy atom. The molecule has 0 saturated carbocycles. The molecule has 4 heteroatoms. The van der Waals surface area contributed by atoms with Gasteiger partial charge in [0.25, 0.3) is 0 Å². The minimum atomic E-state index is 0.111. The quantitative estimate of drug-likeness (QED) is 0.902. The fraction of sp³-hybridized carbons (Fsp3) is 0.800. The van der Waals surface area contributed by atoms with Crippen LogP contribution >= 0.6 is 11.3 Å². The molecule has 2 atom stereocenters. The summed E-state index contributed by atoms with van der Waals surface area (Å²) >= 11 is 1.74. The van der Waals surface area contributed by atoms with Crippen molar-refractivity contribution < 1.29 is 0 Å². The van der Waals surface area contributed by atoms with Crippen molar-refractivity contribution in [2.75, 3.05) is 13.1 Å². The van der Waals surface area contributed by atoms with Crippen LogP contribution in [0.5, 0.6) is 0 Å². The van der Waals surface area contributed by atoms with E-state index in [9.17, 15) is 0 Å². The summed E-state index contributed by atoms with van der Waals surface area (Å²) in [6.07, 6.45) is 6.02. The summed E-state index contributed by atoms with van der Waals surface area (Å²) in [5, 5.41) is 3.30. The van der Waals surface area contributed by atoms with Crippen molar-refractivity contribution in [2.45, 2.75) is 64.5 Å². The monoisotopic (exact) mass is 281 g/mol. The third-order valence-electron chi connectivity index (χ3n) is 4.65. The van der Waals surface area contributed by atoms with Crippen LogP contribution in [0, 0.1) is 6.92 Å². The van der Waals surface area contributed by atoms with Gasteiger partial charge in [0.1, 0.15) is 0 Å². The molecule has 19 heavy (non-hydrogen) atoms. The molecule has 0 amide bonds. The Morgan fingerprint density at radius 1 is 1.42 bits per heavy atom. The number of nitrogens with zero attached hydrogens (tertiary/aromatic N) is 2. The van der Waals surface area contributed by atoms with E-state index in [1.54, 1.807) is 11.3 Å². The molecular weight excluding hydrogens is 254 g/mol. The predicted molar refractivity (Wildman–Crippen MR) is 82.7 cm³/mol. The molecule has 2 rings (SSSR count). The summed E-state index contributed by atoms with van der Waals surface area (Å²) in [4.78, 5) is 7.18. The second-order valence-electron chi connectivity index (χ2n) is 5.95. The van der Waals surface area contributed by atoms with E-state index in [1.807, 2.05) is 0 Å². The molecule has 2 N–H and O–H groups in total. The third kappa shape index (κ3) is 3.36. The van der Waals surface area contributed by atoms with E-state index < -0.39 is 0 Å². The molecule has 2 heterocycles. The largest absolute Gasteiger partial charge is 0.326 e.